The molecule has 1 fully saturated rings. The van der Waals surface area contributed by atoms with Gasteiger partial charge in [-0.15, -0.1) is 0 Å². The lowest BCUT2D eigenvalue weighted by Gasteiger charge is -2.41. The zero-order valence-corrected chi connectivity index (χ0v) is 43.2. The van der Waals surface area contributed by atoms with E-state index in [2.05, 4.69) is 19.2 Å². The number of unbranched alkanes of at least 4 members (excludes halogenated alkanes) is 36. The Balaban J connectivity index is 2.34. The molecule has 0 spiro atoms. The molecule has 0 aliphatic heterocycles. The zero-order valence-electron chi connectivity index (χ0n) is 42.3. The lowest BCUT2D eigenvalue weighted by Crippen LogP contribution is -2.64. The van der Waals surface area contributed by atoms with E-state index in [4.69, 9.17) is 9.05 Å². The van der Waals surface area contributed by atoms with E-state index in [1.54, 1.807) is 6.08 Å². The smallest absolute Gasteiger partial charge is 0.387 e. The minimum Gasteiger partial charge on any atom is -0.387 e. The van der Waals surface area contributed by atoms with Crippen LogP contribution in [0.1, 0.15) is 264 Å². The normalized spacial score (nSPS) is 21.9. The van der Waals surface area contributed by atoms with E-state index in [9.17, 15) is 44.9 Å². The lowest BCUT2D eigenvalue weighted by atomic mass is 9.85. The van der Waals surface area contributed by atoms with Crippen LogP contribution in [-0.4, -0.2) is 96.8 Å². The van der Waals surface area contributed by atoms with Gasteiger partial charge in [0.1, 0.15) is 36.6 Å². The van der Waals surface area contributed by atoms with Gasteiger partial charge in [0.25, 0.3) is 0 Å². The maximum Gasteiger partial charge on any atom is 0.472 e. The Hall–Kier alpha value is -0.920. The van der Waals surface area contributed by atoms with Gasteiger partial charge in [-0.1, -0.05) is 251 Å². The van der Waals surface area contributed by atoms with Crippen LogP contribution in [0.5, 0.6) is 0 Å². The van der Waals surface area contributed by atoms with Crippen LogP contribution in [0.3, 0.4) is 0 Å². The first-order valence-corrected chi connectivity index (χ1v) is 29.1. The molecule has 1 aliphatic rings. The highest BCUT2D eigenvalue weighted by Crippen LogP contribution is 2.47. The lowest BCUT2D eigenvalue weighted by molar-refractivity contribution is -0.220. The number of hydrogen-bond acceptors (Lipinski definition) is 10. The highest BCUT2D eigenvalue weighted by atomic mass is 31.2. The SMILES string of the molecule is CCCCCCCCCCCCCCC/C=C/[C@@H](O)[C@H](COP(=O)(O)OC1C(O)C(O)C(O)[C@@H](O)C1O)NC(=O)CCCCCCCCCCCCCCCCCCCCCCCCCC. The Morgan fingerprint density at radius 3 is 1.15 bits per heavy atom. The van der Waals surface area contributed by atoms with Crippen molar-refractivity contribution in [1.29, 1.82) is 0 Å². The molecule has 1 amide bonds. The van der Waals surface area contributed by atoms with E-state index in [1.807, 2.05) is 6.08 Å². The van der Waals surface area contributed by atoms with Crippen molar-refractivity contribution >= 4 is 13.7 Å². The molecule has 0 heterocycles. The molecule has 6 unspecified atom stereocenters. The van der Waals surface area contributed by atoms with Crippen molar-refractivity contribution in [2.24, 2.45) is 0 Å². The number of phosphoric ester groups is 1. The molecular formula is C53H104NO11P. The van der Waals surface area contributed by atoms with Gasteiger partial charge in [0.15, 0.2) is 0 Å². The van der Waals surface area contributed by atoms with Crippen molar-refractivity contribution in [3.05, 3.63) is 12.2 Å². The van der Waals surface area contributed by atoms with E-state index < -0.39 is 63.2 Å². The van der Waals surface area contributed by atoms with Gasteiger partial charge in [-0.2, -0.15) is 0 Å². The molecule has 0 aromatic rings. The minimum atomic E-state index is -5.08. The Labute approximate surface area is 403 Å². The van der Waals surface area contributed by atoms with Gasteiger partial charge in [-0.25, -0.2) is 4.57 Å². The van der Waals surface area contributed by atoms with Gasteiger partial charge >= 0.3 is 7.82 Å². The van der Waals surface area contributed by atoms with Crippen LogP contribution in [0.25, 0.3) is 0 Å². The summed E-state index contributed by atoms with van der Waals surface area (Å²) >= 11 is 0. The molecule has 0 aromatic heterocycles. The van der Waals surface area contributed by atoms with Crippen molar-refractivity contribution in [3.63, 3.8) is 0 Å². The molecule has 1 saturated carbocycles. The maximum atomic E-state index is 13.0. The summed E-state index contributed by atoms with van der Waals surface area (Å²) in [5.74, 6) is -0.335. The second kappa shape index (κ2) is 42.9. The number of amides is 1. The molecule has 0 bridgehead atoms. The predicted octanol–water partition coefficient (Wildman–Crippen LogP) is 12.0. The van der Waals surface area contributed by atoms with Crippen LogP contribution in [-0.2, 0) is 18.4 Å². The van der Waals surface area contributed by atoms with E-state index in [0.717, 1.165) is 44.9 Å². The number of carbonyl (C=O) groups is 1. The van der Waals surface area contributed by atoms with Crippen LogP contribution >= 0.6 is 7.82 Å². The standard InChI is InChI=1S/C53H104NO11P/c1-3-5-7-9-11-13-15-17-19-20-21-22-23-24-25-26-27-29-31-33-35-37-39-41-43-47(56)54-45(44-64-66(62,63)65-53-51(60)49(58)48(57)50(59)52(53)61)46(55)42-40-38-36-34-32-30-28-18-16-14-12-10-8-6-4-2/h40,42,45-46,48-53,55,57-61H,3-39,41,43-44H2,1-2H3,(H,54,56)(H,62,63)/b42-40+/t45-,46+,48?,49+,50?,51?,52?,53?/m0/s1. The average molecular weight is 962 g/mol. The van der Waals surface area contributed by atoms with Gasteiger partial charge in [-0.3, -0.25) is 13.8 Å². The average Bonchev–Trinajstić information content (AvgIpc) is 3.30. The van der Waals surface area contributed by atoms with Crippen molar-refractivity contribution in [3.8, 4) is 0 Å². The van der Waals surface area contributed by atoms with Crippen LogP contribution in [0.15, 0.2) is 12.2 Å². The summed E-state index contributed by atoms with van der Waals surface area (Å²) < 4.78 is 23.0. The van der Waals surface area contributed by atoms with E-state index >= 15 is 0 Å². The van der Waals surface area contributed by atoms with Crippen LogP contribution < -0.4 is 5.32 Å². The molecule has 0 radical (unpaired) electrons. The summed E-state index contributed by atoms with van der Waals surface area (Å²) in [5, 5.41) is 64.2. The summed E-state index contributed by atoms with van der Waals surface area (Å²) in [5.41, 5.74) is 0. The summed E-state index contributed by atoms with van der Waals surface area (Å²) in [6.45, 7) is 3.88. The highest BCUT2D eigenvalue weighted by molar-refractivity contribution is 7.47. The first kappa shape index (κ1) is 63.1. The molecule has 1 aliphatic carbocycles. The van der Waals surface area contributed by atoms with Crippen molar-refractivity contribution in [2.45, 2.75) is 313 Å². The number of aliphatic hydroxyl groups is 6. The van der Waals surface area contributed by atoms with Crippen LogP contribution in [0.2, 0.25) is 0 Å². The van der Waals surface area contributed by atoms with Gasteiger partial charge in [-0.05, 0) is 19.3 Å². The molecule has 0 aromatic carbocycles. The van der Waals surface area contributed by atoms with Crippen molar-refractivity contribution in [2.75, 3.05) is 6.61 Å². The monoisotopic (exact) mass is 962 g/mol. The molecule has 66 heavy (non-hydrogen) atoms. The number of aliphatic hydroxyl groups excluding tert-OH is 6. The molecule has 12 nitrogen and oxygen atoms in total. The van der Waals surface area contributed by atoms with E-state index in [-0.39, 0.29) is 12.3 Å². The van der Waals surface area contributed by atoms with E-state index in [0.29, 0.717) is 6.42 Å². The molecule has 1 rings (SSSR count). The number of rotatable bonds is 47. The Morgan fingerprint density at radius 2 is 0.803 bits per heavy atom. The Morgan fingerprint density at radius 1 is 0.500 bits per heavy atom. The highest BCUT2D eigenvalue weighted by Gasteiger charge is 2.51. The number of allylic oxidation sites excluding steroid dienone is 1. The summed E-state index contributed by atoms with van der Waals surface area (Å²) in [7, 11) is -5.08. The third-order valence-electron chi connectivity index (χ3n) is 13.6. The molecule has 8 N–H and O–H groups in total. The molecule has 0 saturated heterocycles. The summed E-state index contributed by atoms with van der Waals surface area (Å²) in [6, 6.07) is -1.11. The van der Waals surface area contributed by atoms with Crippen molar-refractivity contribution in [1.82, 2.24) is 5.32 Å². The predicted molar refractivity (Wildman–Crippen MR) is 269 cm³/mol. The number of carbonyl (C=O) groups excluding carboxylic acids is 1. The second-order valence-electron chi connectivity index (χ2n) is 19.8. The zero-order chi connectivity index (χ0) is 48.5. The topological polar surface area (TPSA) is 206 Å². The fourth-order valence-electron chi connectivity index (χ4n) is 9.08. The third-order valence-corrected chi connectivity index (χ3v) is 14.6. The quantitative estimate of drug-likeness (QED) is 0.0164. The number of hydrogen-bond donors (Lipinski definition) is 8. The van der Waals surface area contributed by atoms with E-state index in [1.165, 1.54) is 193 Å². The van der Waals surface area contributed by atoms with Gasteiger partial charge < -0.3 is 40.8 Å². The summed E-state index contributed by atoms with van der Waals surface area (Å²) in [6.07, 6.45) is 38.6. The Kier molecular flexibility index (Phi) is 41.0. The third kappa shape index (κ3) is 33.6. The molecule has 9 atom stereocenters. The molecule has 13 heteroatoms. The fourth-order valence-corrected chi connectivity index (χ4v) is 10.0. The number of nitrogens with one attached hydrogen (secondary N) is 1. The molecule has 392 valence electrons. The van der Waals surface area contributed by atoms with Gasteiger partial charge in [0.2, 0.25) is 5.91 Å². The van der Waals surface area contributed by atoms with Gasteiger partial charge in [0.05, 0.1) is 18.8 Å². The largest absolute Gasteiger partial charge is 0.472 e. The van der Waals surface area contributed by atoms with Crippen molar-refractivity contribution < 1.29 is 53.9 Å². The van der Waals surface area contributed by atoms with Crippen LogP contribution in [0, 0.1) is 0 Å². The van der Waals surface area contributed by atoms with Gasteiger partial charge in [0, 0.05) is 6.42 Å². The Bertz CT molecular complexity index is 1160. The summed E-state index contributed by atoms with van der Waals surface area (Å²) in [4.78, 5) is 23.5. The molecular weight excluding hydrogens is 858 g/mol. The first-order chi connectivity index (χ1) is 31.9. The minimum absolute atomic E-state index is 0.219. The maximum absolute atomic E-state index is 13.0. The van der Waals surface area contributed by atoms with Crippen LogP contribution in [0.4, 0.5) is 0 Å². The number of phosphoric acid groups is 1. The second-order valence-corrected chi connectivity index (χ2v) is 21.2. The fraction of sp³-hybridized carbons (Fsp3) is 0.943. The first-order valence-electron chi connectivity index (χ1n) is 27.6.